The van der Waals surface area contributed by atoms with Gasteiger partial charge in [0.15, 0.2) is 0 Å². The molecule has 0 bridgehead atoms. The molecule has 0 aliphatic heterocycles. The van der Waals surface area contributed by atoms with Crippen LogP contribution < -0.4 is 5.32 Å². The van der Waals surface area contributed by atoms with Gasteiger partial charge in [-0.15, -0.1) is 0 Å². The van der Waals surface area contributed by atoms with E-state index in [2.05, 4.69) is 12.2 Å². The van der Waals surface area contributed by atoms with Crippen LogP contribution in [0.1, 0.15) is 32.8 Å². The summed E-state index contributed by atoms with van der Waals surface area (Å²) in [5.74, 6) is -0.0120. The summed E-state index contributed by atoms with van der Waals surface area (Å²) in [5, 5.41) is 13.4. The maximum absolute atomic E-state index is 12.1. The molecule has 0 fully saturated rings. The van der Waals surface area contributed by atoms with Crippen molar-refractivity contribution in [3.8, 4) is 0 Å². The average molecular weight is 274 g/mol. The quantitative estimate of drug-likeness (QED) is 0.880. The monoisotopic (exact) mass is 274 g/mol. The number of hydrogen-bond acceptors (Lipinski definition) is 2. The van der Waals surface area contributed by atoms with Crippen molar-refractivity contribution in [2.75, 3.05) is 0 Å². The highest BCUT2D eigenvalue weighted by Crippen LogP contribution is 2.21. The third kappa shape index (κ3) is 3.02. The number of rotatable bonds is 5. The molecule has 2 aromatic rings. The van der Waals surface area contributed by atoms with E-state index in [1.54, 1.807) is 0 Å². The van der Waals surface area contributed by atoms with Crippen molar-refractivity contribution in [3.63, 3.8) is 0 Å². The predicted molar refractivity (Wildman–Crippen MR) is 80.4 cm³/mol. The molecule has 4 heteroatoms. The van der Waals surface area contributed by atoms with Gasteiger partial charge in [0.25, 0.3) is 0 Å². The van der Waals surface area contributed by atoms with Crippen molar-refractivity contribution >= 4 is 16.8 Å². The number of carbonyl (C=O) groups excluding carboxylic acids is 1. The van der Waals surface area contributed by atoms with Crippen LogP contribution in [-0.2, 0) is 17.9 Å². The lowest BCUT2D eigenvalue weighted by Gasteiger charge is -2.24. The minimum Gasteiger partial charge on any atom is -0.392 e. The zero-order valence-electron chi connectivity index (χ0n) is 12.3. The van der Waals surface area contributed by atoms with E-state index >= 15 is 0 Å². The number of para-hydroxylation sites is 1. The second kappa shape index (κ2) is 5.67. The van der Waals surface area contributed by atoms with Crippen LogP contribution in [0, 0.1) is 0 Å². The molecule has 2 N–H and O–H groups in total. The van der Waals surface area contributed by atoms with E-state index in [0.717, 1.165) is 22.9 Å². The van der Waals surface area contributed by atoms with E-state index in [1.807, 2.05) is 48.9 Å². The Morgan fingerprint density at radius 1 is 1.35 bits per heavy atom. The number of aliphatic hydroxyl groups excluding tert-OH is 1. The van der Waals surface area contributed by atoms with Crippen molar-refractivity contribution in [1.29, 1.82) is 0 Å². The van der Waals surface area contributed by atoms with Gasteiger partial charge in [-0.2, -0.15) is 0 Å². The largest absolute Gasteiger partial charge is 0.392 e. The molecule has 1 amide bonds. The van der Waals surface area contributed by atoms with Gasteiger partial charge in [0.2, 0.25) is 5.91 Å². The SMILES string of the molecule is CCC(C)(C)NC(=O)Cn1cc(CO)c2ccccc21. The Balaban J connectivity index is 2.24. The highest BCUT2D eigenvalue weighted by atomic mass is 16.3. The Bertz CT molecular complexity index is 614. The Hall–Kier alpha value is -1.81. The second-order valence-corrected chi connectivity index (χ2v) is 5.74. The zero-order chi connectivity index (χ0) is 14.8. The van der Waals surface area contributed by atoms with Crippen LogP contribution in [0.3, 0.4) is 0 Å². The summed E-state index contributed by atoms with van der Waals surface area (Å²) in [6.45, 7) is 6.32. The number of nitrogens with one attached hydrogen (secondary N) is 1. The first kappa shape index (κ1) is 14.6. The summed E-state index contributed by atoms with van der Waals surface area (Å²) in [6.07, 6.45) is 2.73. The van der Waals surface area contributed by atoms with Crippen LogP contribution in [0.5, 0.6) is 0 Å². The number of aromatic nitrogens is 1. The zero-order valence-corrected chi connectivity index (χ0v) is 12.3. The highest BCUT2D eigenvalue weighted by Gasteiger charge is 2.18. The fraction of sp³-hybridized carbons (Fsp3) is 0.438. The Morgan fingerprint density at radius 3 is 2.70 bits per heavy atom. The summed E-state index contributed by atoms with van der Waals surface area (Å²) < 4.78 is 1.89. The maximum Gasteiger partial charge on any atom is 0.240 e. The van der Waals surface area contributed by atoms with Crippen molar-refractivity contribution in [3.05, 3.63) is 36.0 Å². The molecule has 20 heavy (non-hydrogen) atoms. The molecule has 0 saturated heterocycles. The number of carbonyl (C=O) groups is 1. The number of hydrogen-bond donors (Lipinski definition) is 2. The molecule has 1 aromatic carbocycles. The smallest absolute Gasteiger partial charge is 0.240 e. The third-order valence-corrected chi connectivity index (χ3v) is 3.72. The molecule has 0 unspecified atom stereocenters. The fourth-order valence-corrected chi connectivity index (χ4v) is 2.24. The lowest BCUT2D eigenvalue weighted by atomic mass is 10.0. The van der Waals surface area contributed by atoms with Crippen LogP contribution in [-0.4, -0.2) is 21.1 Å². The fourth-order valence-electron chi connectivity index (χ4n) is 2.24. The molecule has 0 atom stereocenters. The van der Waals surface area contributed by atoms with Gasteiger partial charge in [-0.25, -0.2) is 0 Å². The van der Waals surface area contributed by atoms with E-state index in [0.29, 0.717) is 0 Å². The van der Waals surface area contributed by atoms with E-state index in [-0.39, 0.29) is 24.6 Å². The topological polar surface area (TPSA) is 54.3 Å². The number of aliphatic hydroxyl groups is 1. The molecular formula is C16H22N2O2. The van der Waals surface area contributed by atoms with Crippen LogP contribution in [0.4, 0.5) is 0 Å². The molecular weight excluding hydrogens is 252 g/mol. The van der Waals surface area contributed by atoms with Gasteiger partial charge in [-0.3, -0.25) is 4.79 Å². The molecule has 1 heterocycles. The van der Waals surface area contributed by atoms with Gasteiger partial charge >= 0.3 is 0 Å². The van der Waals surface area contributed by atoms with E-state index < -0.39 is 0 Å². The van der Waals surface area contributed by atoms with Crippen LogP contribution in [0.25, 0.3) is 10.9 Å². The van der Waals surface area contributed by atoms with Crippen LogP contribution in [0.2, 0.25) is 0 Å². The number of amides is 1. The number of nitrogens with zero attached hydrogens (tertiary/aromatic N) is 1. The van der Waals surface area contributed by atoms with Gasteiger partial charge in [0.05, 0.1) is 6.61 Å². The molecule has 4 nitrogen and oxygen atoms in total. The Labute approximate surface area is 119 Å². The molecule has 1 aromatic heterocycles. The molecule has 0 aliphatic carbocycles. The summed E-state index contributed by atoms with van der Waals surface area (Å²) in [5.41, 5.74) is 1.63. The molecule has 0 aliphatic rings. The van der Waals surface area contributed by atoms with Gasteiger partial charge in [-0.1, -0.05) is 25.1 Å². The first-order valence-electron chi connectivity index (χ1n) is 6.95. The van der Waals surface area contributed by atoms with Crippen molar-refractivity contribution in [2.45, 2.75) is 45.9 Å². The predicted octanol–water partition coefficient (Wildman–Crippen LogP) is 2.44. The Kier molecular flexibility index (Phi) is 4.14. The minimum absolute atomic E-state index is 0.0120. The maximum atomic E-state index is 12.1. The van der Waals surface area contributed by atoms with Gasteiger partial charge in [-0.05, 0) is 26.3 Å². The average Bonchev–Trinajstić information content (AvgIpc) is 2.76. The van der Waals surface area contributed by atoms with E-state index in [4.69, 9.17) is 0 Å². The summed E-state index contributed by atoms with van der Waals surface area (Å²) >= 11 is 0. The Morgan fingerprint density at radius 2 is 2.05 bits per heavy atom. The summed E-state index contributed by atoms with van der Waals surface area (Å²) in [6, 6.07) is 7.80. The highest BCUT2D eigenvalue weighted by molar-refractivity contribution is 5.86. The van der Waals surface area contributed by atoms with E-state index in [9.17, 15) is 9.90 Å². The standard InChI is InChI=1S/C16H22N2O2/c1-4-16(2,3)17-15(20)10-18-9-12(11-19)13-7-5-6-8-14(13)18/h5-9,19H,4,10-11H2,1-3H3,(H,17,20). The first-order valence-corrected chi connectivity index (χ1v) is 6.95. The van der Waals surface area contributed by atoms with Gasteiger partial charge < -0.3 is 15.0 Å². The molecule has 2 rings (SSSR count). The number of fused-ring (bicyclic) bond motifs is 1. The van der Waals surface area contributed by atoms with Crippen LogP contribution in [0.15, 0.2) is 30.5 Å². The summed E-state index contributed by atoms with van der Waals surface area (Å²) in [4.78, 5) is 12.1. The third-order valence-electron chi connectivity index (χ3n) is 3.72. The molecule has 0 saturated carbocycles. The lowest BCUT2D eigenvalue weighted by Crippen LogP contribution is -2.44. The molecule has 0 radical (unpaired) electrons. The van der Waals surface area contributed by atoms with Gasteiger partial charge in [0, 0.05) is 28.2 Å². The molecule has 0 spiro atoms. The lowest BCUT2D eigenvalue weighted by molar-refractivity contribution is -0.123. The van der Waals surface area contributed by atoms with Crippen molar-refractivity contribution in [1.82, 2.24) is 9.88 Å². The minimum atomic E-state index is -0.195. The van der Waals surface area contributed by atoms with Crippen LogP contribution >= 0.6 is 0 Å². The van der Waals surface area contributed by atoms with Crippen molar-refractivity contribution < 1.29 is 9.90 Å². The number of benzene rings is 1. The van der Waals surface area contributed by atoms with E-state index in [1.165, 1.54) is 0 Å². The summed E-state index contributed by atoms with van der Waals surface area (Å²) in [7, 11) is 0. The van der Waals surface area contributed by atoms with Gasteiger partial charge in [0.1, 0.15) is 6.54 Å². The van der Waals surface area contributed by atoms with Crippen molar-refractivity contribution in [2.24, 2.45) is 0 Å². The first-order chi connectivity index (χ1) is 9.46. The normalized spacial score (nSPS) is 11.8. The second-order valence-electron chi connectivity index (χ2n) is 5.74. The molecule has 108 valence electrons.